The van der Waals surface area contributed by atoms with Crippen LogP contribution in [-0.4, -0.2) is 22.2 Å². The van der Waals surface area contributed by atoms with E-state index in [2.05, 4.69) is 10.4 Å². The first kappa shape index (κ1) is 17.5. The molecule has 1 amide bonds. The fraction of sp³-hybridized carbons (Fsp3) is 0.286. The number of nitrogens with one attached hydrogen (secondary N) is 1. The Morgan fingerprint density at radius 2 is 2.05 bits per heavy atom. The molecule has 1 unspecified atom stereocenters. The number of benzene rings is 1. The number of nitrogens with zero attached hydrogens (tertiary/aromatic N) is 2. The molecule has 5 nitrogen and oxygen atoms in total. The Labute approximate surface area is 134 Å². The van der Waals surface area contributed by atoms with Crippen LogP contribution in [0.3, 0.4) is 0 Å². The van der Waals surface area contributed by atoms with Gasteiger partial charge in [0.25, 0.3) is 0 Å². The highest BCUT2D eigenvalue weighted by Crippen LogP contribution is 2.14. The summed E-state index contributed by atoms with van der Waals surface area (Å²) in [7, 11) is 0. The first-order valence-corrected chi connectivity index (χ1v) is 6.75. The van der Waals surface area contributed by atoms with Crippen LogP contribution in [0.2, 0.25) is 5.02 Å². The van der Waals surface area contributed by atoms with Crippen molar-refractivity contribution in [2.75, 3.05) is 11.9 Å². The Morgan fingerprint density at radius 3 is 2.67 bits per heavy atom. The van der Waals surface area contributed by atoms with Gasteiger partial charge in [-0.2, -0.15) is 5.10 Å². The Hall–Kier alpha value is -1.56. The molecule has 1 aromatic carbocycles. The van der Waals surface area contributed by atoms with Crippen molar-refractivity contribution < 1.29 is 4.79 Å². The minimum atomic E-state index is -0.228. The molecule has 0 aliphatic heterocycles. The number of rotatable bonds is 5. The molecule has 1 heterocycles. The Morgan fingerprint density at radius 1 is 1.38 bits per heavy atom. The number of hydrogen-bond acceptors (Lipinski definition) is 3. The molecule has 2 aromatic rings. The van der Waals surface area contributed by atoms with E-state index in [1.165, 1.54) is 0 Å². The summed E-state index contributed by atoms with van der Waals surface area (Å²) in [6.45, 7) is 2.67. The lowest BCUT2D eigenvalue weighted by atomic mass is 10.2. The molecule has 0 aliphatic rings. The number of amides is 1. The standard InChI is InChI=1S/C14H17ClN4O.ClH/c1-10(8-16)14(20)18-13-6-7-17-19(13)9-11-2-4-12(15)5-3-11;/h2-7,10H,8-9,16H2,1H3,(H,18,20);1H. The smallest absolute Gasteiger partial charge is 0.229 e. The predicted molar refractivity (Wildman–Crippen MR) is 86.9 cm³/mol. The summed E-state index contributed by atoms with van der Waals surface area (Å²) in [4.78, 5) is 11.8. The molecule has 0 spiro atoms. The van der Waals surface area contributed by atoms with E-state index >= 15 is 0 Å². The molecular formula is C14H18Cl2N4O. The van der Waals surface area contributed by atoms with Crippen LogP contribution in [0, 0.1) is 5.92 Å². The lowest BCUT2D eigenvalue weighted by Gasteiger charge is -2.12. The zero-order valence-corrected chi connectivity index (χ0v) is 13.2. The minimum Gasteiger partial charge on any atom is -0.330 e. The number of hydrogen-bond donors (Lipinski definition) is 2. The van der Waals surface area contributed by atoms with Gasteiger partial charge in [-0.3, -0.25) is 4.79 Å². The van der Waals surface area contributed by atoms with Crippen molar-refractivity contribution in [2.24, 2.45) is 11.7 Å². The summed E-state index contributed by atoms with van der Waals surface area (Å²) in [6.07, 6.45) is 1.65. The van der Waals surface area contributed by atoms with Gasteiger partial charge in [-0.1, -0.05) is 30.7 Å². The topological polar surface area (TPSA) is 72.9 Å². The average molecular weight is 329 g/mol. The van der Waals surface area contributed by atoms with Crippen molar-refractivity contribution in [3.8, 4) is 0 Å². The van der Waals surface area contributed by atoms with E-state index in [0.29, 0.717) is 23.9 Å². The number of anilines is 1. The summed E-state index contributed by atoms with van der Waals surface area (Å²) >= 11 is 5.85. The summed E-state index contributed by atoms with van der Waals surface area (Å²) in [5.74, 6) is 0.324. The molecule has 0 fully saturated rings. The minimum absolute atomic E-state index is 0. The maximum absolute atomic E-state index is 11.8. The van der Waals surface area contributed by atoms with Gasteiger partial charge in [0.2, 0.25) is 5.91 Å². The number of carbonyl (C=O) groups is 1. The lowest BCUT2D eigenvalue weighted by Crippen LogP contribution is -2.27. The van der Waals surface area contributed by atoms with E-state index in [9.17, 15) is 4.79 Å². The second-order valence-electron chi connectivity index (χ2n) is 4.63. The third-order valence-corrected chi connectivity index (χ3v) is 3.27. The molecule has 114 valence electrons. The largest absolute Gasteiger partial charge is 0.330 e. The van der Waals surface area contributed by atoms with E-state index in [-0.39, 0.29) is 24.2 Å². The Bertz CT molecular complexity index is 583. The molecule has 0 radical (unpaired) electrons. The van der Waals surface area contributed by atoms with E-state index < -0.39 is 0 Å². The van der Waals surface area contributed by atoms with Crippen LogP contribution >= 0.6 is 24.0 Å². The molecule has 3 N–H and O–H groups in total. The molecule has 1 atom stereocenters. The van der Waals surface area contributed by atoms with Gasteiger partial charge < -0.3 is 11.1 Å². The third kappa shape index (κ3) is 4.74. The highest BCUT2D eigenvalue weighted by molar-refractivity contribution is 6.30. The molecule has 1 aromatic heterocycles. The van der Waals surface area contributed by atoms with E-state index in [1.54, 1.807) is 23.9 Å². The molecule has 0 bridgehead atoms. The van der Waals surface area contributed by atoms with Gasteiger partial charge in [0.05, 0.1) is 12.7 Å². The van der Waals surface area contributed by atoms with Gasteiger partial charge in [-0.05, 0) is 17.7 Å². The Balaban J connectivity index is 0.00000220. The number of halogens is 2. The lowest BCUT2D eigenvalue weighted by molar-refractivity contribution is -0.119. The number of carbonyl (C=O) groups excluding carboxylic acids is 1. The van der Waals surface area contributed by atoms with Gasteiger partial charge in [0, 0.05) is 23.6 Å². The second-order valence-corrected chi connectivity index (χ2v) is 5.06. The van der Waals surface area contributed by atoms with Crippen LogP contribution in [0.15, 0.2) is 36.5 Å². The van der Waals surface area contributed by atoms with E-state index in [1.807, 2.05) is 24.3 Å². The molecule has 0 aliphatic carbocycles. The van der Waals surface area contributed by atoms with Crippen LogP contribution in [0.1, 0.15) is 12.5 Å². The van der Waals surface area contributed by atoms with Gasteiger partial charge in [0.15, 0.2) is 0 Å². The average Bonchev–Trinajstić information content (AvgIpc) is 2.87. The van der Waals surface area contributed by atoms with Crippen LogP contribution in [0.25, 0.3) is 0 Å². The summed E-state index contributed by atoms with van der Waals surface area (Å²) in [5.41, 5.74) is 6.54. The maximum atomic E-state index is 11.8. The Kier molecular flexibility index (Phi) is 6.68. The molecule has 7 heteroatoms. The quantitative estimate of drug-likeness (QED) is 0.885. The van der Waals surface area contributed by atoms with Crippen molar-refractivity contribution in [3.05, 3.63) is 47.1 Å². The van der Waals surface area contributed by atoms with Crippen molar-refractivity contribution in [2.45, 2.75) is 13.5 Å². The summed E-state index contributed by atoms with van der Waals surface area (Å²) < 4.78 is 1.73. The van der Waals surface area contributed by atoms with Crippen LogP contribution < -0.4 is 11.1 Å². The van der Waals surface area contributed by atoms with Gasteiger partial charge in [0.1, 0.15) is 5.82 Å². The zero-order chi connectivity index (χ0) is 14.5. The number of aromatic nitrogens is 2. The van der Waals surface area contributed by atoms with Crippen molar-refractivity contribution in [1.82, 2.24) is 9.78 Å². The van der Waals surface area contributed by atoms with Crippen LogP contribution in [0.4, 0.5) is 5.82 Å². The molecule has 0 saturated heterocycles. The molecule has 0 saturated carbocycles. The fourth-order valence-electron chi connectivity index (χ4n) is 1.68. The van der Waals surface area contributed by atoms with Crippen LogP contribution in [-0.2, 0) is 11.3 Å². The molecule has 21 heavy (non-hydrogen) atoms. The zero-order valence-electron chi connectivity index (χ0n) is 11.6. The van der Waals surface area contributed by atoms with Crippen molar-refractivity contribution >= 4 is 35.7 Å². The summed E-state index contributed by atoms with van der Waals surface area (Å²) in [6, 6.07) is 9.28. The van der Waals surface area contributed by atoms with Gasteiger partial charge in [-0.15, -0.1) is 12.4 Å². The highest BCUT2D eigenvalue weighted by atomic mass is 35.5. The van der Waals surface area contributed by atoms with Crippen molar-refractivity contribution in [3.63, 3.8) is 0 Å². The fourth-order valence-corrected chi connectivity index (χ4v) is 1.81. The molecule has 2 rings (SSSR count). The SMILES string of the molecule is CC(CN)C(=O)Nc1ccnn1Cc1ccc(Cl)cc1.Cl. The van der Waals surface area contributed by atoms with Gasteiger partial charge in [-0.25, -0.2) is 4.68 Å². The predicted octanol–water partition coefficient (Wildman–Crippen LogP) is 2.54. The summed E-state index contributed by atoms with van der Waals surface area (Å²) in [5, 5.41) is 7.73. The first-order chi connectivity index (χ1) is 9.60. The normalized spacial score (nSPS) is 11.6. The second kappa shape index (κ2) is 8.02. The van der Waals surface area contributed by atoms with Crippen LogP contribution in [0.5, 0.6) is 0 Å². The molecular weight excluding hydrogens is 311 g/mol. The van der Waals surface area contributed by atoms with E-state index in [4.69, 9.17) is 17.3 Å². The van der Waals surface area contributed by atoms with E-state index in [0.717, 1.165) is 5.56 Å². The number of nitrogens with two attached hydrogens (primary N) is 1. The monoisotopic (exact) mass is 328 g/mol. The van der Waals surface area contributed by atoms with Gasteiger partial charge >= 0.3 is 0 Å². The third-order valence-electron chi connectivity index (χ3n) is 3.01. The highest BCUT2D eigenvalue weighted by Gasteiger charge is 2.13. The maximum Gasteiger partial charge on any atom is 0.229 e. The first-order valence-electron chi connectivity index (χ1n) is 6.37. The van der Waals surface area contributed by atoms with Crippen molar-refractivity contribution in [1.29, 1.82) is 0 Å².